The van der Waals surface area contributed by atoms with Crippen LogP contribution in [0.5, 0.6) is 5.75 Å². The second kappa shape index (κ2) is 9.25. The smallest absolute Gasteiger partial charge is 0.409 e. The summed E-state index contributed by atoms with van der Waals surface area (Å²) in [5.74, 6) is 1.01. The Morgan fingerprint density at radius 1 is 1.07 bits per heavy atom. The SMILES string of the molecule is CCOC(=O)N1CCCC(N2CCC(N3C(=O)Cc4ccc(OC)cc43)CC2)CC1. The molecule has 164 valence electrons. The number of fused-ring (bicyclic) bond motifs is 1. The number of amides is 2. The number of piperidine rings is 1. The highest BCUT2D eigenvalue weighted by atomic mass is 16.6. The molecule has 1 atom stereocenters. The average molecular weight is 416 g/mol. The number of ether oxygens (including phenoxy) is 2. The van der Waals surface area contributed by atoms with Crippen molar-refractivity contribution >= 4 is 17.7 Å². The predicted molar refractivity (Wildman–Crippen MR) is 115 cm³/mol. The van der Waals surface area contributed by atoms with Gasteiger partial charge in [0.25, 0.3) is 0 Å². The molecule has 7 nitrogen and oxygen atoms in total. The molecule has 0 saturated carbocycles. The molecule has 3 aliphatic rings. The third-order valence-corrected chi connectivity index (χ3v) is 6.77. The molecular formula is C23H33N3O4. The third-order valence-electron chi connectivity index (χ3n) is 6.77. The van der Waals surface area contributed by atoms with Crippen molar-refractivity contribution < 1.29 is 19.1 Å². The Kier molecular flexibility index (Phi) is 6.46. The first kappa shape index (κ1) is 21.0. The normalized spacial score (nSPS) is 23.3. The zero-order valence-corrected chi connectivity index (χ0v) is 18.1. The molecular weight excluding hydrogens is 382 g/mol. The van der Waals surface area contributed by atoms with Gasteiger partial charge in [-0.2, -0.15) is 0 Å². The third kappa shape index (κ3) is 4.26. The maximum atomic E-state index is 12.7. The van der Waals surface area contributed by atoms with Crippen LogP contribution < -0.4 is 9.64 Å². The fourth-order valence-corrected chi connectivity index (χ4v) is 5.18. The van der Waals surface area contributed by atoms with Gasteiger partial charge in [0, 0.05) is 44.3 Å². The van der Waals surface area contributed by atoms with E-state index in [2.05, 4.69) is 4.90 Å². The summed E-state index contributed by atoms with van der Waals surface area (Å²) < 4.78 is 10.5. The van der Waals surface area contributed by atoms with Crippen LogP contribution in [0.1, 0.15) is 44.6 Å². The maximum Gasteiger partial charge on any atom is 0.409 e. The summed E-state index contributed by atoms with van der Waals surface area (Å²) in [5, 5.41) is 0. The summed E-state index contributed by atoms with van der Waals surface area (Å²) in [6.45, 7) is 5.82. The van der Waals surface area contributed by atoms with E-state index in [0.717, 1.165) is 75.3 Å². The number of hydrogen-bond acceptors (Lipinski definition) is 5. The van der Waals surface area contributed by atoms with Gasteiger partial charge >= 0.3 is 6.09 Å². The summed E-state index contributed by atoms with van der Waals surface area (Å²) in [6, 6.07) is 6.71. The zero-order chi connectivity index (χ0) is 21.1. The van der Waals surface area contributed by atoms with E-state index < -0.39 is 0 Å². The maximum absolute atomic E-state index is 12.7. The largest absolute Gasteiger partial charge is 0.497 e. The van der Waals surface area contributed by atoms with Gasteiger partial charge in [-0.25, -0.2) is 4.79 Å². The molecule has 2 fully saturated rings. The van der Waals surface area contributed by atoms with E-state index in [9.17, 15) is 9.59 Å². The Morgan fingerprint density at radius 3 is 2.57 bits per heavy atom. The predicted octanol–water partition coefficient (Wildman–Crippen LogP) is 3.06. The van der Waals surface area contributed by atoms with Crippen LogP contribution in [0, 0.1) is 0 Å². The van der Waals surface area contributed by atoms with Crippen LogP contribution in [0.25, 0.3) is 0 Å². The second-order valence-electron chi connectivity index (χ2n) is 8.47. The minimum atomic E-state index is -0.182. The van der Waals surface area contributed by atoms with Crippen LogP contribution in [-0.2, 0) is 16.0 Å². The molecule has 0 bridgehead atoms. The summed E-state index contributed by atoms with van der Waals surface area (Å²) >= 11 is 0. The Morgan fingerprint density at radius 2 is 1.83 bits per heavy atom. The molecule has 1 aromatic carbocycles. The van der Waals surface area contributed by atoms with Crippen molar-refractivity contribution in [3.8, 4) is 5.75 Å². The van der Waals surface area contributed by atoms with E-state index >= 15 is 0 Å². The van der Waals surface area contributed by atoms with Gasteiger partial charge in [-0.1, -0.05) is 6.07 Å². The van der Waals surface area contributed by atoms with Gasteiger partial charge in [-0.3, -0.25) is 4.79 Å². The number of benzene rings is 1. The van der Waals surface area contributed by atoms with Gasteiger partial charge in [-0.05, 0) is 50.7 Å². The highest BCUT2D eigenvalue weighted by Crippen LogP contribution is 2.36. The highest BCUT2D eigenvalue weighted by Gasteiger charge is 2.36. The lowest BCUT2D eigenvalue weighted by atomic mass is 9.98. The quantitative estimate of drug-likeness (QED) is 0.756. The number of likely N-dealkylation sites (tertiary alicyclic amines) is 2. The molecule has 1 unspecified atom stereocenters. The number of hydrogen-bond donors (Lipinski definition) is 0. The lowest BCUT2D eigenvalue weighted by Crippen LogP contribution is -2.49. The molecule has 2 amide bonds. The van der Waals surface area contributed by atoms with Crippen molar-refractivity contribution in [2.24, 2.45) is 0 Å². The van der Waals surface area contributed by atoms with Crippen LogP contribution in [0.4, 0.5) is 10.5 Å². The Balaban J connectivity index is 1.35. The molecule has 3 heterocycles. The molecule has 2 saturated heterocycles. The summed E-state index contributed by atoms with van der Waals surface area (Å²) in [6.07, 6.45) is 5.40. The van der Waals surface area contributed by atoms with Crippen LogP contribution in [-0.4, -0.2) is 73.8 Å². The van der Waals surface area contributed by atoms with E-state index in [1.165, 1.54) is 0 Å². The van der Waals surface area contributed by atoms with E-state index in [1.54, 1.807) is 7.11 Å². The second-order valence-corrected chi connectivity index (χ2v) is 8.47. The van der Waals surface area contributed by atoms with Crippen LogP contribution in [0.3, 0.4) is 0 Å². The van der Waals surface area contributed by atoms with Gasteiger partial charge in [0.05, 0.1) is 25.8 Å². The Bertz CT molecular complexity index is 776. The summed E-state index contributed by atoms with van der Waals surface area (Å²) in [4.78, 5) is 31.2. The van der Waals surface area contributed by atoms with Crippen molar-refractivity contribution in [1.29, 1.82) is 0 Å². The van der Waals surface area contributed by atoms with E-state index in [0.29, 0.717) is 19.1 Å². The molecule has 0 aromatic heterocycles. The first-order valence-electron chi connectivity index (χ1n) is 11.3. The van der Waals surface area contributed by atoms with Crippen LogP contribution in [0.2, 0.25) is 0 Å². The number of carbonyl (C=O) groups is 2. The van der Waals surface area contributed by atoms with Crippen molar-refractivity contribution in [3.63, 3.8) is 0 Å². The standard InChI is InChI=1S/C23H33N3O4/c1-3-30-23(28)25-11-4-5-18(8-14-25)24-12-9-19(10-13-24)26-21-16-20(29-2)7-6-17(21)15-22(26)27/h6-7,16,18-19H,3-5,8-15H2,1-2H3. The monoisotopic (exact) mass is 415 g/mol. The molecule has 0 aliphatic carbocycles. The molecule has 0 radical (unpaired) electrons. The van der Waals surface area contributed by atoms with Gasteiger partial charge in [-0.15, -0.1) is 0 Å². The zero-order valence-electron chi connectivity index (χ0n) is 18.1. The van der Waals surface area contributed by atoms with Gasteiger partial charge in [0.2, 0.25) is 5.91 Å². The topological polar surface area (TPSA) is 62.3 Å². The van der Waals surface area contributed by atoms with Gasteiger partial charge < -0.3 is 24.2 Å². The number of carbonyl (C=O) groups excluding carboxylic acids is 2. The first-order chi connectivity index (χ1) is 14.6. The fourth-order valence-electron chi connectivity index (χ4n) is 5.18. The van der Waals surface area contributed by atoms with Crippen molar-refractivity contribution in [3.05, 3.63) is 23.8 Å². The lowest BCUT2D eigenvalue weighted by molar-refractivity contribution is -0.118. The number of anilines is 1. The van der Waals surface area contributed by atoms with Gasteiger partial charge in [0.15, 0.2) is 0 Å². The van der Waals surface area contributed by atoms with Crippen molar-refractivity contribution in [2.75, 3.05) is 44.8 Å². The number of methoxy groups -OCH3 is 1. The Hall–Kier alpha value is -2.28. The van der Waals surface area contributed by atoms with E-state index in [4.69, 9.17) is 9.47 Å². The number of rotatable bonds is 4. The summed E-state index contributed by atoms with van der Waals surface area (Å²) in [5.41, 5.74) is 2.13. The average Bonchev–Trinajstić information content (AvgIpc) is 2.92. The van der Waals surface area contributed by atoms with Crippen LogP contribution >= 0.6 is 0 Å². The molecule has 4 rings (SSSR count). The molecule has 30 heavy (non-hydrogen) atoms. The summed E-state index contributed by atoms with van der Waals surface area (Å²) in [7, 11) is 1.66. The molecule has 1 aromatic rings. The van der Waals surface area contributed by atoms with E-state index in [1.807, 2.05) is 34.9 Å². The fraction of sp³-hybridized carbons (Fsp3) is 0.652. The molecule has 7 heteroatoms. The van der Waals surface area contributed by atoms with Crippen LogP contribution in [0.15, 0.2) is 18.2 Å². The number of nitrogens with zero attached hydrogens (tertiary/aromatic N) is 3. The van der Waals surface area contributed by atoms with E-state index in [-0.39, 0.29) is 18.0 Å². The molecule has 0 spiro atoms. The molecule has 3 aliphatic heterocycles. The Labute approximate surface area is 178 Å². The highest BCUT2D eigenvalue weighted by molar-refractivity contribution is 6.02. The minimum Gasteiger partial charge on any atom is -0.497 e. The first-order valence-corrected chi connectivity index (χ1v) is 11.3. The van der Waals surface area contributed by atoms with Gasteiger partial charge in [0.1, 0.15) is 5.75 Å². The van der Waals surface area contributed by atoms with Crippen molar-refractivity contribution in [2.45, 2.75) is 57.5 Å². The van der Waals surface area contributed by atoms with Crippen molar-refractivity contribution in [1.82, 2.24) is 9.80 Å². The minimum absolute atomic E-state index is 0.182. The lowest BCUT2D eigenvalue weighted by Gasteiger charge is -2.40. The molecule has 0 N–H and O–H groups in total.